The Balaban J connectivity index is 0.00000264. The van der Waals surface area contributed by atoms with Gasteiger partial charge < -0.3 is 15.1 Å². The fourth-order valence-electron chi connectivity index (χ4n) is 2.34. The molecular weight excluding hydrogens is 423 g/mol. The number of rotatable bonds is 5. The lowest BCUT2D eigenvalue weighted by Gasteiger charge is -2.23. The van der Waals surface area contributed by atoms with E-state index in [4.69, 9.17) is 0 Å². The maximum Gasteiger partial charge on any atom is 0.243 e. The van der Waals surface area contributed by atoms with Crippen LogP contribution in [0.25, 0.3) is 0 Å². The number of guanidine groups is 1. The second-order valence-corrected chi connectivity index (χ2v) is 6.36. The van der Waals surface area contributed by atoms with Gasteiger partial charge in [0.15, 0.2) is 5.96 Å². The van der Waals surface area contributed by atoms with Gasteiger partial charge in [-0.25, -0.2) is 4.99 Å². The first-order valence-corrected chi connectivity index (χ1v) is 8.85. The van der Waals surface area contributed by atoms with E-state index >= 15 is 0 Å². The van der Waals surface area contributed by atoms with Crippen LogP contribution in [0.2, 0.25) is 0 Å². The lowest BCUT2D eigenvalue weighted by Crippen LogP contribution is -2.42. The van der Waals surface area contributed by atoms with Crippen LogP contribution >= 0.6 is 35.7 Å². The Bertz CT molecular complexity index is 551. The summed E-state index contributed by atoms with van der Waals surface area (Å²) in [5.74, 6) is 1.82. The highest BCUT2D eigenvalue weighted by Gasteiger charge is 2.22. The summed E-state index contributed by atoms with van der Waals surface area (Å²) in [5.41, 5.74) is 2.52. The maximum absolute atomic E-state index is 11.8. The topological polar surface area (TPSA) is 47.9 Å². The van der Waals surface area contributed by atoms with Gasteiger partial charge in [-0.05, 0) is 24.3 Å². The molecule has 0 fully saturated rings. The number of para-hydroxylation sites is 1. The van der Waals surface area contributed by atoms with Gasteiger partial charge in [0.1, 0.15) is 6.54 Å². The number of carbonyl (C=O) groups excluding carboxylic acids is 1. The van der Waals surface area contributed by atoms with Crippen molar-refractivity contribution in [2.24, 2.45) is 4.99 Å². The molecule has 2 rings (SSSR count). The summed E-state index contributed by atoms with van der Waals surface area (Å²) in [4.78, 5) is 20.1. The van der Waals surface area contributed by atoms with E-state index in [0.717, 1.165) is 31.2 Å². The zero-order valence-electron chi connectivity index (χ0n) is 13.9. The van der Waals surface area contributed by atoms with Gasteiger partial charge in [0.2, 0.25) is 5.91 Å². The van der Waals surface area contributed by atoms with Crippen molar-refractivity contribution in [3.05, 3.63) is 29.8 Å². The molecular formula is C16H25IN4OS. The molecule has 0 saturated heterocycles. The van der Waals surface area contributed by atoms with Crippen LogP contribution in [0, 0.1) is 0 Å². The van der Waals surface area contributed by atoms with Crippen LogP contribution in [-0.4, -0.2) is 62.5 Å². The van der Waals surface area contributed by atoms with E-state index in [0.29, 0.717) is 0 Å². The van der Waals surface area contributed by atoms with Crippen LogP contribution in [0.4, 0.5) is 5.69 Å². The van der Waals surface area contributed by atoms with Gasteiger partial charge in [-0.2, -0.15) is 11.8 Å². The predicted molar refractivity (Wildman–Crippen MR) is 110 cm³/mol. The number of nitrogens with zero attached hydrogens (tertiary/aromatic N) is 3. The van der Waals surface area contributed by atoms with Crippen molar-refractivity contribution in [1.29, 1.82) is 0 Å². The molecule has 0 bridgehead atoms. The van der Waals surface area contributed by atoms with Gasteiger partial charge >= 0.3 is 0 Å². The first-order valence-electron chi connectivity index (χ1n) is 7.46. The molecule has 0 atom stereocenters. The highest BCUT2D eigenvalue weighted by atomic mass is 127. The summed E-state index contributed by atoms with van der Waals surface area (Å²) in [6.45, 7) is 1.92. The van der Waals surface area contributed by atoms with Gasteiger partial charge in [0.25, 0.3) is 0 Å². The fraction of sp³-hybridized carbons (Fsp3) is 0.500. The number of carbonyl (C=O) groups is 1. The molecule has 23 heavy (non-hydrogen) atoms. The van der Waals surface area contributed by atoms with Crippen LogP contribution in [-0.2, 0) is 11.2 Å². The third kappa shape index (κ3) is 5.56. The van der Waals surface area contributed by atoms with Gasteiger partial charge in [-0.3, -0.25) is 4.79 Å². The molecule has 5 nitrogen and oxygen atoms in total. The Labute approximate surface area is 159 Å². The number of likely N-dealkylation sites (N-methyl/N-ethyl adjacent to an activating group) is 1. The Morgan fingerprint density at radius 1 is 1.39 bits per heavy atom. The van der Waals surface area contributed by atoms with Crippen molar-refractivity contribution in [3.63, 3.8) is 0 Å². The summed E-state index contributed by atoms with van der Waals surface area (Å²) in [5, 5.41) is 3.38. The van der Waals surface area contributed by atoms with Crippen LogP contribution in [0.5, 0.6) is 0 Å². The highest BCUT2D eigenvalue weighted by Crippen LogP contribution is 2.27. The Morgan fingerprint density at radius 3 is 2.83 bits per heavy atom. The van der Waals surface area contributed by atoms with Crippen molar-refractivity contribution in [1.82, 2.24) is 10.2 Å². The number of fused-ring (bicyclic) bond motifs is 1. The molecule has 0 unspecified atom stereocenters. The molecule has 1 aliphatic rings. The van der Waals surface area contributed by atoms with E-state index in [9.17, 15) is 4.79 Å². The van der Waals surface area contributed by atoms with Gasteiger partial charge in [0, 0.05) is 38.6 Å². The smallest absolute Gasteiger partial charge is 0.243 e. The molecule has 1 heterocycles. The third-order valence-corrected chi connectivity index (χ3v) is 4.21. The molecule has 0 aliphatic carbocycles. The number of benzene rings is 1. The summed E-state index contributed by atoms with van der Waals surface area (Å²) in [7, 11) is 3.51. The number of hydrogen-bond donors (Lipinski definition) is 1. The van der Waals surface area contributed by atoms with Gasteiger partial charge in [-0.15, -0.1) is 24.0 Å². The van der Waals surface area contributed by atoms with Gasteiger partial charge in [-0.1, -0.05) is 18.2 Å². The first kappa shape index (κ1) is 20.1. The molecule has 0 saturated carbocycles. The van der Waals surface area contributed by atoms with Crippen LogP contribution in [0.1, 0.15) is 5.56 Å². The van der Waals surface area contributed by atoms with Crippen molar-refractivity contribution < 1.29 is 4.79 Å². The van der Waals surface area contributed by atoms with E-state index in [1.165, 1.54) is 11.3 Å². The zero-order chi connectivity index (χ0) is 15.9. The number of anilines is 1. The van der Waals surface area contributed by atoms with Crippen molar-refractivity contribution in [3.8, 4) is 0 Å². The standard InChI is InChI=1S/C16H24N4OS.HI/c1-19(2)15(21)12-18-16(17-9-11-22-3)20-10-8-13-6-4-5-7-14(13)20;/h4-7H,8-12H2,1-3H3,(H,17,18);1H. The molecule has 1 amide bonds. The zero-order valence-corrected chi connectivity index (χ0v) is 17.1. The SMILES string of the molecule is CSCCNC(=NCC(=O)N(C)C)N1CCc2ccccc21.I. The normalized spacial score (nSPS) is 13.3. The van der Waals surface area contributed by atoms with E-state index in [2.05, 4.69) is 39.7 Å². The molecule has 1 aromatic carbocycles. The number of amides is 1. The molecule has 1 aliphatic heterocycles. The summed E-state index contributed by atoms with van der Waals surface area (Å²) in [6, 6.07) is 8.37. The van der Waals surface area contributed by atoms with E-state index in [1.807, 2.05) is 6.07 Å². The number of thioether (sulfide) groups is 1. The van der Waals surface area contributed by atoms with Crippen LogP contribution < -0.4 is 10.2 Å². The average Bonchev–Trinajstić information content (AvgIpc) is 2.94. The summed E-state index contributed by atoms with van der Waals surface area (Å²) < 4.78 is 0. The first-order chi connectivity index (χ1) is 10.6. The highest BCUT2D eigenvalue weighted by molar-refractivity contribution is 14.0. The lowest BCUT2D eigenvalue weighted by atomic mass is 10.2. The lowest BCUT2D eigenvalue weighted by molar-refractivity contribution is -0.127. The van der Waals surface area contributed by atoms with Crippen molar-refractivity contribution in [2.45, 2.75) is 6.42 Å². The second-order valence-electron chi connectivity index (χ2n) is 5.38. The quantitative estimate of drug-likeness (QED) is 0.324. The minimum atomic E-state index is 0. The third-order valence-electron chi connectivity index (χ3n) is 3.60. The molecule has 128 valence electrons. The monoisotopic (exact) mass is 448 g/mol. The molecule has 0 spiro atoms. The summed E-state index contributed by atoms with van der Waals surface area (Å²) >= 11 is 1.79. The second kappa shape index (κ2) is 10.0. The molecule has 1 aromatic rings. The maximum atomic E-state index is 11.8. The number of halogens is 1. The number of aliphatic imine (C=N–C) groups is 1. The Morgan fingerprint density at radius 2 is 2.13 bits per heavy atom. The van der Waals surface area contributed by atoms with Crippen LogP contribution in [0.3, 0.4) is 0 Å². The average molecular weight is 448 g/mol. The van der Waals surface area contributed by atoms with E-state index in [1.54, 1.807) is 30.8 Å². The van der Waals surface area contributed by atoms with E-state index in [-0.39, 0.29) is 36.4 Å². The van der Waals surface area contributed by atoms with E-state index < -0.39 is 0 Å². The number of nitrogens with one attached hydrogen (secondary N) is 1. The number of hydrogen-bond acceptors (Lipinski definition) is 3. The largest absolute Gasteiger partial charge is 0.355 e. The minimum Gasteiger partial charge on any atom is -0.355 e. The molecule has 7 heteroatoms. The molecule has 0 radical (unpaired) electrons. The Hall–Kier alpha value is -0.960. The van der Waals surface area contributed by atoms with Gasteiger partial charge in [0.05, 0.1) is 0 Å². The van der Waals surface area contributed by atoms with Crippen LogP contribution in [0.15, 0.2) is 29.3 Å². The minimum absolute atomic E-state index is 0. The van der Waals surface area contributed by atoms with Crippen molar-refractivity contribution >= 4 is 53.3 Å². The Kier molecular flexibility index (Phi) is 8.75. The summed E-state index contributed by atoms with van der Waals surface area (Å²) in [6.07, 6.45) is 3.10. The fourth-order valence-corrected chi connectivity index (χ4v) is 2.65. The molecule has 1 N–H and O–H groups in total. The molecule has 0 aromatic heterocycles. The van der Waals surface area contributed by atoms with Crippen molar-refractivity contribution in [2.75, 3.05) is 50.6 Å². The predicted octanol–water partition coefficient (Wildman–Crippen LogP) is 2.06.